The second-order valence-electron chi connectivity index (χ2n) is 5.22. The predicted octanol–water partition coefficient (Wildman–Crippen LogP) is 3.34. The lowest BCUT2D eigenvalue weighted by molar-refractivity contribution is 0.0943. The highest BCUT2D eigenvalue weighted by Gasteiger charge is 2.30. The van der Waals surface area contributed by atoms with Crippen molar-refractivity contribution >= 4 is 5.78 Å². The maximum absolute atomic E-state index is 12.8. The highest BCUT2D eigenvalue weighted by Crippen LogP contribution is 2.32. The lowest BCUT2D eigenvalue weighted by Crippen LogP contribution is -2.22. The van der Waals surface area contributed by atoms with E-state index in [0.717, 1.165) is 36.9 Å². The van der Waals surface area contributed by atoms with E-state index in [1.54, 1.807) is 12.4 Å². The summed E-state index contributed by atoms with van der Waals surface area (Å²) in [4.78, 5) is 21.6. The van der Waals surface area contributed by atoms with E-state index in [9.17, 15) is 4.79 Å². The fourth-order valence-electron chi connectivity index (χ4n) is 2.98. The summed E-state index contributed by atoms with van der Waals surface area (Å²) in [5, 5.41) is 0. The van der Waals surface area contributed by atoms with Gasteiger partial charge in [-0.25, -0.2) is 0 Å². The van der Waals surface area contributed by atoms with Crippen LogP contribution >= 0.6 is 0 Å². The summed E-state index contributed by atoms with van der Waals surface area (Å²) in [7, 11) is 0. The number of Topliss-reactive ketones (excluding diaryl/α,β-unsaturated/α-hetero) is 1. The molecule has 0 saturated heterocycles. The lowest BCUT2D eigenvalue weighted by atomic mass is 9.82. The van der Waals surface area contributed by atoms with Gasteiger partial charge in [0.1, 0.15) is 5.69 Å². The number of hydrogen-bond acceptors (Lipinski definition) is 3. The van der Waals surface area contributed by atoms with Crippen molar-refractivity contribution < 1.29 is 4.79 Å². The van der Waals surface area contributed by atoms with Crippen molar-refractivity contribution in [2.45, 2.75) is 38.5 Å². The van der Waals surface area contributed by atoms with Gasteiger partial charge in [-0.15, -0.1) is 0 Å². The zero-order chi connectivity index (χ0) is 13.9. The van der Waals surface area contributed by atoms with Gasteiger partial charge in [-0.1, -0.05) is 19.1 Å². The standard InChI is InChI=1S/C17H18N2O/c1-2-12-7-4-11-19-16(12)17(20)14-9-3-6-13-8-5-10-18-15(13)14/h4-5,7-8,10-11,14H,2-3,6,9H2,1H3. The third-order valence-electron chi connectivity index (χ3n) is 4.02. The Morgan fingerprint density at radius 3 is 2.90 bits per heavy atom. The summed E-state index contributed by atoms with van der Waals surface area (Å²) in [5.41, 5.74) is 3.82. The molecule has 3 nitrogen and oxygen atoms in total. The topological polar surface area (TPSA) is 42.9 Å². The van der Waals surface area contributed by atoms with Gasteiger partial charge in [0.05, 0.1) is 11.6 Å². The first-order chi connectivity index (χ1) is 9.81. The second kappa shape index (κ2) is 5.53. The van der Waals surface area contributed by atoms with Crippen molar-refractivity contribution in [1.82, 2.24) is 9.97 Å². The molecular formula is C17H18N2O. The van der Waals surface area contributed by atoms with Crippen LogP contribution in [0.5, 0.6) is 0 Å². The molecule has 3 rings (SSSR count). The van der Waals surface area contributed by atoms with E-state index in [0.29, 0.717) is 5.69 Å². The maximum Gasteiger partial charge on any atom is 0.190 e. The number of carbonyl (C=O) groups is 1. The first kappa shape index (κ1) is 13.0. The van der Waals surface area contributed by atoms with E-state index >= 15 is 0 Å². The van der Waals surface area contributed by atoms with Gasteiger partial charge in [-0.05, 0) is 48.9 Å². The molecule has 20 heavy (non-hydrogen) atoms. The Balaban J connectivity index is 2.00. The van der Waals surface area contributed by atoms with E-state index in [-0.39, 0.29) is 11.7 Å². The van der Waals surface area contributed by atoms with Crippen molar-refractivity contribution in [2.75, 3.05) is 0 Å². The third kappa shape index (κ3) is 2.24. The quantitative estimate of drug-likeness (QED) is 0.800. The van der Waals surface area contributed by atoms with Crippen LogP contribution in [0.25, 0.3) is 0 Å². The smallest absolute Gasteiger partial charge is 0.190 e. The van der Waals surface area contributed by atoms with E-state index < -0.39 is 0 Å². The van der Waals surface area contributed by atoms with Gasteiger partial charge in [0, 0.05) is 12.4 Å². The highest BCUT2D eigenvalue weighted by molar-refractivity contribution is 6.00. The molecule has 0 aromatic carbocycles. The lowest BCUT2D eigenvalue weighted by Gasteiger charge is -2.23. The van der Waals surface area contributed by atoms with Crippen LogP contribution in [0.2, 0.25) is 0 Å². The zero-order valence-corrected chi connectivity index (χ0v) is 11.7. The van der Waals surface area contributed by atoms with Crippen molar-refractivity contribution in [2.24, 2.45) is 0 Å². The molecule has 1 atom stereocenters. The minimum atomic E-state index is -0.125. The summed E-state index contributed by atoms with van der Waals surface area (Å²) >= 11 is 0. The molecule has 3 heteroatoms. The summed E-state index contributed by atoms with van der Waals surface area (Å²) in [6, 6.07) is 7.91. The van der Waals surface area contributed by atoms with Crippen LogP contribution in [-0.2, 0) is 12.8 Å². The van der Waals surface area contributed by atoms with Gasteiger partial charge in [0.25, 0.3) is 0 Å². The van der Waals surface area contributed by atoms with Crippen LogP contribution in [0.3, 0.4) is 0 Å². The van der Waals surface area contributed by atoms with Crippen molar-refractivity contribution in [3.63, 3.8) is 0 Å². The van der Waals surface area contributed by atoms with Gasteiger partial charge < -0.3 is 0 Å². The Kier molecular flexibility index (Phi) is 3.59. The predicted molar refractivity (Wildman–Crippen MR) is 77.9 cm³/mol. The molecule has 1 aliphatic carbocycles. The minimum absolute atomic E-state index is 0.125. The second-order valence-corrected chi connectivity index (χ2v) is 5.22. The summed E-state index contributed by atoms with van der Waals surface area (Å²) < 4.78 is 0. The molecule has 0 bridgehead atoms. The van der Waals surface area contributed by atoms with E-state index in [1.807, 2.05) is 18.2 Å². The van der Waals surface area contributed by atoms with Crippen molar-refractivity contribution in [1.29, 1.82) is 0 Å². The Hall–Kier alpha value is -2.03. The van der Waals surface area contributed by atoms with Crippen molar-refractivity contribution in [3.05, 3.63) is 59.2 Å². The van der Waals surface area contributed by atoms with Crippen LogP contribution in [0, 0.1) is 0 Å². The van der Waals surface area contributed by atoms with Crippen LogP contribution < -0.4 is 0 Å². The number of aryl methyl sites for hydroxylation is 2. The summed E-state index contributed by atoms with van der Waals surface area (Å²) in [6.07, 6.45) is 7.26. The number of hydrogen-bond donors (Lipinski definition) is 0. The molecule has 0 radical (unpaired) electrons. The highest BCUT2D eigenvalue weighted by atomic mass is 16.1. The van der Waals surface area contributed by atoms with Crippen LogP contribution in [0.4, 0.5) is 0 Å². The number of rotatable bonds is 3. The Bertz CT molecular complexity index is 636. The summed E-state index contributed by atoms with van der Waals surface area (Å²) in [6.45, 7) is 2.06. The Labute approximate surface area is 119 Å². The average molecular weight is 266 g/mol. The number of fused-ring (bicyclic) bond motifs is 1. The van der Waals surface area contributed by atoms with Gasteiger partial charge in [0.2, 0.25) is 0 Å². The van der Waals surface area contributed by atoms with Crippen LogP contribution in [0.1, 0.15) is 53.0 Å². The SMILES string of the molecule is CCc1cccnc1C(=O)C1CCCc2cccnc21. The van der Waals surface area contributed by atoms with Gasteiger partial charge in [0.15, 0.2) is 5.78 Å². The molecule has 0 spiro atoms. The third-order valence-corrected chi connectivity index (χ3v) is 4.02. The van der Waals surface area contributed by atoms with Crippen LogP contribution in [0.15, 0.2) is 36.7 Å². The number of carbonyl (C=O) groups excluding carboxylic acids is 1. The molecule has 0 N–H and O–H groups in total. The van der Waals surface area contributed by atoms with E-state index in [1.165, 1.54) is 5.56 Å². The zero-order valence-electron chi connectivity index (χ0n) is 11.7. The fourth-order valence-corrected chi connectivity index (χ4v) is 2.98. The molecule has 2 aromatic rings. The molecular weight excluding hydrogens is 248 g/mol. The monoisotopic (exact) mass is 266 g/mol. The molecule has 0 fully saturated rings. The number of nitrogens with zero attached hydrogens (tertiary/aromatic N) is 2. The minimum Gasteiger partial charge on any atom is -0.292 e. The largest absolute Gasteiger partial charge is 0.292 e. The molecule has 2 heterocycles. The van der Waals surface area contributed by atoms with Crippen LogP contribution in [-0.4, -0.2) is 15.8 Å². The molecule has 0 aliphatic heterocycles. The molecule has 2 aromatic heterocycles. The van der Waals surface area contributed by atoms with E-state index in [2.05, 4.69) is 23.0 Å². The normalized spacial score (nSPS) is 17.6. The number of ketones is 1. The first-order valence-electron chi connectivity index (χ1n) is 7.23. The Morgan fingerprint density at radius 1 is 1.25 bits per heavy atom. The van der Waals surface area contributed by atoms with Gasteiger partial charge >= 0.3 is 0 Å². The Morgan fingerprint density at radius 2 is 2.05 bits per heavy atom. The number of aromatic nitrogens is 2. The summed E-state index contributed by atoms with van der Waals surface area (Å²) in [5.74, 6) is 0.00208. The molecule has 0 amide bonds. The maximum atomic E-state index is 12.8. The fraction of sp³-hybridized carbons (Fsp3) is 0.353. The average Bonchev–Trinajstić information content (AvgIpc) is 2.53. The molecule has 1 unspecified atom stereocenters. The van der Waals surface area contributed by atoms with Crippen molar-refractivity contribution in [3.8, 4) is 0 Å². The van der Waals surface area contributed by atoms with Gasteiger partial charge in [-0.3, -0.25) is 14.8 Å². The van der Waals surface area contributed by atoms with E-state index in [4.69, 9.17) is 0 Å². The molecule has 102 valence electrons. The van der Waals surface area contributed by atoms with Gasteiger partial charge in [-0.2, -0.15) is 0 Å². The molecule has 1 aliphatic rings. The molecule has 0 saturated carbocycles. The first-order valence-corrected chi connectivity index (χ1v) is 7.23. The number of pyridine rings is 2.